The van der Waals surface area contributed by atoms with Crippen molar-refractivity contribution in [2.24, 2.45) is 0 Å². The zero-order valence-corrected chi connectivity index (χ0v) is 18.2. The minimum Gasteiger partial charge on any atom is -0.462 e. The van der Waals surface area contributed by atoms with Crippen molar-refractivity contribution in [3.63, 3.8) is 0 Å². The summed E-state index contributed by atoms with van der Waals surface area (Å²) in [4.78, 5) is 37.5. The number of nitro groups is 1. The standard InChI is InChI=1S/C20H20ClN3O6.ClH/c1-2-30-20(26)15-12-14(4-6-17(15)23-7-9-29-10-8-23)22-19(25)13-3-5-16(21)18(11-13)24(27)28;/h3-6,11-12H,2,7-10H2,1H3,(H,22,25);1H. The molecule has 11 heteroatoms. The van der Waals surface area contributed by atoms with Gasteiger partial charge in [-0.2, -0.15) is 0 Å². The van der Waals surface area contributed by atoms with E-state index in [1.54, 1.807) is 19.1 Å². The largest absolute Gasteiger partial charge is 0.462 e. The molecule has 0 atom stereocenters. The van der Waals surface area contributed by atoms with E-state index in [1.165, 1.54) is 18.2 Å². The summed E-state index contributed by atoms with van der Waals surface area (Å²) in [7, 11) is 0. The minimum absolute atomic E-state index is 0. The van der Waals surface area contributed by atoms with Crippen LogP contribution in [-0.2, 0) is 9.47 Å². The van der Waals surface area contributed by atoms with Gasteiger partial charge in [-0.3, -0.25) is 14.9 Å². The van der Waals surface area contributed by atoms with Crippen LogP contribution in [0.2, 0.25) is 5.02 Å². The molecule has 0 aliphatic carbocycles. The fraction of sp³-hybridized carbons (Fsp3) is 0.300. The Balaban J connectivity index is 0.00000341. The molecule has 166 valence electrons. The fourth-order valence-corrected chi connectivity index (χ4v) is 3.25. The van der Waals surface area contributed by atoms with Gasteiger partial charge in [0.1, 0.15) is 5.02 Å². The fourth-order valence-electron chi connectivity index (χ4n) is 3.06. The van der Waals surface area contributed by atoms with Crippen LogP contribution in [0.25, 0.3) is 0 Å². The molecule has 1 fully saturated rings. The van der Waals surface area contributed by atoms with E-state index in [0.29, 0.717) is 43.2 Å². The molecule has 1 N–H and O–H groups in total. The molecule has 1 heterocycles. The molecule has 2 aromatic rings. The second-order valence-corrected chi connectivity index (χ2v) is 6.84. The van der Waals surface area contributed by atoms with E-state index in [0.717, 1.165) is 6.07 Å². The van der Waals surface area contributed by atoms with Gasteiger partial charge < -0.3 is 19.7 Å². The van der Waals surface area contributed by atoms with Crippen molar-refractivity contribution in [1.29, 1.82) is 0 Å². The number of esters is 1. The highest BCUT2D eigenvalue weighted by Gasteiger charge is 2.21. The third-order valence-electron chi connectivity index (χ3n) is 4.51. The van der Waals surface area contributed by atoms with Gasteiger partial charge in [0.15, 0.2) is 0 Å². The molecule has 1 aliphatic heterocycles. The lowest BCUT2D eigenvalue weighted by atomic mass is 10.1. The first-order chi connectivity index (χ1) is 14.4. The summed E-state index contributed by atoms with van der Waals surface area (Å²) in [6, 6.07) is 8.71. The van der Waals surface area contributed by atoms with Gasteiger partial charge in [-0.05, 0) is 37.3 Å². The molecular weight excluding hydrogens is 449 g/mol. The first-order valence-electron chi connectivity index (χ1n) is 9.30. The van der Waals surface area contributed by atoms with Crippen LogP contribution in [0.5, 0.6) is 0 Å². The van der Waals surface area contributed by atoms with Crippen molar-refractivity contribution >= 4 is 52.9 Å². The lowest BCUT2D eigenvalue weighted by Crippen LogP contribution is -2.37. The number of rotatable bonds is 6. The number of anilines is 2. The summed E-state index contributed by atoms with van der Waals surface area (Å²) in [6.45, 7) is 4.29. The maximum Gasteiger partial charge on any atom is 0.340 e. The normalized spacial score (nSPS) is 13.2. The number of ether oxygens (including phenoxy) is 2. The summed E-state index contributed by atoms with van der Waals surface area (Å²) in [5, 5.41) is 13.6. The lowest BCUT2D eigenvalue weighted by Gasteiger charge is -2.30. The minimum atomic E-state index is -0.658. The van der Waals surface area contributed by atoms with Crippen LogP contribution >= 0.6 is 24.0 Å². The monoisotopic (exact) mass is 469 g/mol. The number of hydrogen-bond acceptors (Lipinski definition) is 7. The molecule has 0 spiro atoms. The summed E-state index contributed by atoms with van der Waals surface area (Å²) in [5.41, 5.74) is 1.08. The van der Waals surface area contributed by atoms with Crippen LogP contribution < -0.4 is 10.2 Å². The predicted molar refractivity (Wildman–Crippen MR) is 119 cm³/mol. The summed E-state index contributed by atoms with van der Waals surface area (Å²) < 4.78 is 10.5. The topological polar surface area (TPSA) is 111 Å². The predicted octanol–water partition coefficient (Wildman–Crippen LogP) is 3.94. The Morgan fingerprint density at radius 2 is 1.94 bits per heavy atom. The van der Waals surface area contributed by atoms with Crippen LogP contribution in [0.15, 0.2) is 36.4 Å². The molecule has 1 saturated heterocycles. The van der Waals surface area contributed by atoms with Crippen molar-refractivity contribution < 1.29 is 24.0 Å². The maximum atomic E-state index is 12.6. The molecule has 1 aliphatic rings. The van der Waals surface area contributed by atoms with E-state index in [1.807, 2.05) is 4.90 Å². The molecular formula is C20H21Cl2N3O6. The Labute approximate surface area is 189 Å². The van der Waals surface area contributed by atoms with Gasteiger partial charge in [-0.1, -0.05) is 11.6 Å². The van der Waals surface area contributed by atoms with E-state index in [9.17, 15) is 19.7 Å². The highest BCUT2D eigenvalue weighted by atomic mass is 35.5. The third-order valence-corrected chi connectivity index (χ3v) is 4.83. The SMILES string of the molecule is CCOC(=O)c1cc(NC(=O)c2ccc(Cl)c([N+](=O)[O-])c2)ccc1N1CCOCC1.Cl. The molecule has 2 aromatic carbocycles. The molecule has 0 bridgehead atoms. The summed E-state index contributed by atoms with van der Waals surface area (Å²) in [6.07, 6.45) is 0. The van der Waals surface area contributed by atoms with Crippen molar-refractivity contribution in [3.05, 3.63) is 62.7 Å². The van der Waals surface area contributed by atoms with Crippen LogP contribution in [0, 0.1) is 10.1 Å². The van der Waals surface area contributed by atoms with Gasteiger partial charge in [-0.15, -0.1) is 12.4 Å². The first-order valence-corrected chi connectivity index (χ1v) is 9.67. The van der Waals surface area contributed by atoms with Gasteiger partial charge in [0.05, 0.1) is 36.0 Å². The average molecular weight is 470 g/mol. The molecule has 1 amide bonds. The molecule has 31 heavy (non-hydrogen) atoms. The van der Waals surface area contributed by atoms with Crippen molar-refractivity contribution in [2.75, 3.05) is 43.1 Å². The van der Waals surface area contributed by atoms with E-state index < -0.39 is 16.8 Å². The molecule has 3 rings (SSSR count). The number of halogens is 2. The Morgan fingerprint density at radius 1 is 1.23 bits per heavy atom. The zero-order chi connectivity index (χ0) is 21.7. The van der Waals surface area contributed by atoms with Gasteiger partial charge in [0, 0.05) is 30.4 Å². The van der Waals surface area contributed by atoms with Gasteiger partial charge in [-0.25, -0.2) is 4.79 Å². The van der Waals surface area contributed by atoms with Crippen LogP contribution in [0.1, 0.15) is 27.6 Å². The van der Waals surface area contributed by atoms with E-state index in [2.05, 4.69) is 5.32 Å². The number of nitro benzene ring substituents is 1. The number of carbonyl (C=O) groups is 2. The quantitative estimate of drug-likeness (QED) is 0.387. The smallest absolute Gasteiger partial charge is 0.340 e. The Kier molecular flexibility index (Phi) is 8.61. The number of amides is 1. The maximum absolute atomic E-state index is 12.6. The number of benzene rings is 2. The van der Waals surface area contributed by atoms with Gasteiger partial charge in [0.25, 0.3) is 11.6 Å². The van der Waals surface area contributed by atoms with Crippen molar-refractivity contribution in [2.45, 2.75) is 6.92 Å². The highest BCUT2D eigenvalue weighted by Crippen LogP contribution is 2.28. The highest BCUT2D eigenvalue weighted by molar-refractivity contribution is 6.32. The Morgan fingerprint density at radius 3 is 2.58 bits per heavy atom. The van der Waals surface area contributed by atoms with Crippen molar-refractivity contribution in [1.82, 2.24) is 0 Å². The second kappa shape index (κ2) is 10.9. The number of nitrogens with one attached hydrogen (secondary N) is 1. The van der Waals surface area contributed by atoms with Crippen LogP contribution in [-0.4, -0.2) is 49.7 Å². The Bertz CT molecular complexity index is 979. The first kappa shape index (κ1) is 24.4. The second-order valence-electron chi connectivity index (χ2n) is 6.43. The number of nitrogens with zero attached hydrogens (tertiary/aromatic N) is 2. The Hall–Kier alpha value is -2.88. The van der Waals surface area contributed by atoms with E-state index in [-0.39, 0.29) is 35.3 Å². The van der Waals surface area contributed by atoms with Crippen molar-refractivity contribution in [3.8, 4) is 0 Å². The third kappa shape index (κ3) is 5.84. The lowest BCUT2D eigenvalue weighted by molar-refractivity contribution is -0.384. The average Bonchev–Trinajstić information content (AvgIpc) is 2.74. The van der Waals surface area contributed by atoms with E-state index in [4.69, 9.17) is 21.1 Å². The van der Waals surface area contributed by atoms with Crippen LogP contribution in [0.3, 0.4) is 0 Å². The summed E-state index contributed by atoms with van der Waals surface area (Å²) >= 11 is 5.79. The van der Waals surface area contributed by atoms with E-state index >= 15 is 0 Å². The number of morpholine rings is 1. The molecule has 9 nitrogen and oxygen atoms in total. The number of carbonyl (C=O) groups excluding carboxylic acids is 2. The molecule has 0 radical (unpaired) electrons. The zero-order valence-electron chi connectivity index (χ0n) is 16.6. The summed E-state index contributed by atoms with van der Waals surface area (Å²) in [5.74, 6) is -1.07. The molecule has 0 saturated carbocycles. The van der Waals surface area contributed by atoms with Gasteiger partial charge >= 0.3 is 5.97 Å². The molecule has 0 unspecified atom stereocenters. The van der Waals surface area contributed by atoms with Gasteiger partial charge in [0.2, 0.25) is 0 Å². The molecule has 0 aromatic heterocycles. The number of hydrogen-bond donors (Lipinski definition) is 1. The van der Waals surface area contributed by atoms with Crippen LogP contribution in [0.4, 0.5) is 17.1 Å².